The molecule has 3 aromatic rings. The van der Waals surface area contributed by atoms with E-state index in [1.54, 1.807) is 45.2 Å². The van der Waals surface area contributed by atoms with Crippen molar-refractivity contribution >= 4 is 23.2 Å². The molecule has 2 aromatic heterocycles. The number of phenols is 1. The number of thiazole rings is 1. The molecule has 3 N–H and O–H groups in total. The number of nitrogens with one attached hydrogen (secondary N) is 2. The summed E-state index contributed by atoms with van der Waals surface area (Å²) >= 11 is 1.29. The van der Waals surface area contributed by atoms with E-state index in [4.69, 9.17) is 4.74 Å². The average Bonchev–Trinajstić information content (AvgIpc) is 3.10. The number of aromatic nitrogens is 3. The number of aromatic hydroxyl groups is 1. The molecule has 9 nitrogen and oxygen atoms in total. The molecule has 0 aliphatic rings. The number of anilines is 1. The van der Waals surface area contributed by atoms with Crippen LogP contribution in [0, 0.1) is 0 Å². The first-order valence-electron chi connectivity index (χ1n) is 9.21. The molecule has 0 fully saturated rings. The highest BCUT2D eigenvalue weighted by molar-refractivity contribution is 7.13. The second kappa shape index (κ2) is 8.15. The zero-order valence-corrected chi connectivity index (χ0v) is 17.8. The number of carbonyl (C=O) groups excluding carboxylic acids is 1. The molecule has 0 saturated heterocycles. The van der Waals surface area contributed by atoms with Crippen molar-refractivity contribution in [3.05, 3.63) is 50.5 Å². The Kier molecular flexibility index (Phi) is 5.79. The van der Waals surface area contributed by atoms with Gasteiger partial charge in [0.1, 0.15) is 27.7 Å². The molecule has 2 heterocycles. The largest absolute Gasteiger partial charge is 0.508 e. The van der Waals surface area contributed by atoms with Gasteiger partial charge in [-0.1, -0.05) is 0 Å². The van der Waals surface area contributed by atoms with Gasteiger partial charge in [-0.15, -0.1) is 11.3 Å². The van der Waals surface area contributed by atoms with Crippen LogP contribution in [0.25, 0.3) is 21.8 Å². The highest BCUT2D eigenvalue weighted by atomic mass is 32.1. The number of nitrogens with zero attached hydrogens (tertiary/aromatic N) is 2. The van der Waals surface area contributed by atoms with E-state index in [2.05, 4.69) is 15.3 Å². The Balaban J connectivity index is 2.10. The van der Waals surface area contributed by atoms with E-state index in [1.165, 1.54) is 28.0 Å². The molecule has 30 heavy (non-hydrogen) atoms. The van der Waals surface area contributed by atoms with Crippen LogP contribution in [0.4, 0.5) is 10.6 Å². The SMILES string of the molecule is CCn1c(NC(=O)OC(C)(C)C)c(-c2csc(-c3ccc(O)cc3)n2)c(=O)[nH]c1=O. The van der Waals surface area contributed by atoms with Crippen LogP contribution < -0.4 is 16.6 Å². The lowest BCUT2D eigenvalue weighted by atomic mass is 10.2. The maximum absolute atomic E-state index is 12.7. The lowest BCUT2D eigenvalue weighted by molar-refractivity contribution is 0.0634. The third kappa shape index (κ3) is 4.60. The summed E-state index contributed by atoms with van der Waals surface area (Å²) in [5, 5.41) is 14.3. The number of rotatable bonds is 4. The molecule has 0 spiro atoms. The van der Waals surface area contributed by atoms with Crippen LogP contribution in [0.1, 0.15) is 27.7 Å². The summed E-state index contributed by atoms with van der Waals surface area (Å²) in [5.41, 5.74) is -0.952. The van der Waals surface area contributed by atoms with Gasteiger partial charge in [-0.25, -0.2) is 14.6 Å². The van der Waals surface area contributed by atoms with E-state index in [-0.39, 0.29) is 23.7 Å². The molecule has 0 unspecified atom stereocenters. The Morgan fingerprint density at radius 2 is 1.93 bits per heavy atom. The predicted molar refractivity (Wildman–Crippen MR) is 115 cm³/mol. The molecule has 0 aliphatic heterocycles. The zero-order chi connectivity index (χ0) is 22.1. The fraction of sp³-hybridized carbons (Fsp3) is 0.300. The second-order valence-electron chi connectivity index (χ2n) is 7.44. The molecule has 1 aromatic carbocycles. The molecule has 0 bridgehead atoms. The number of aromatic amines is 1. The van der Waals surface area contributed by atoms with Gasteiger partial charge in [0.2, 0.25) is 0 Å². The van der Waals surface area contributed by atoms with Gasteiger partial charge in [0.05, 0.1) is 5.69 Å². The molecule has 0 saturated carbocycles. The molecule has 0 atom stereocenters. The van der Waals surface area contributed by atoms with E-state index in [1.807, 2.05) is 0 Å². The van der Waals surface area contributed by atoms with Gasteiger partial charge in [-0.3, -0.25) is 19.7 Å². The van der Waals surface area contributed by atoms with Crippen LogP contribution in [0.5, 0.6) is 5.75 Å². The van der Waals surface area contributed by atoms with Crippen LogP contribution in [0.2, 0.25) is 0 Å². The van der Waals surface area contributed by atoms with Crippen LogP contribution in [0.3, 0.4) is 0 Å². The van der Waals surface area contributed by atoms with Gasteiger partial charge >= 0.3 is 11.8 Å². The van der Waals surface area contributed by atoms with Gasteiger partial charge in [-0.05, 0) is 52.0 Å². The Hall–Kier alpha value is -3.40. The topological polar surface area (TPSA) is 126 Å². The molecule has 1 amide bonds. The Morgan fingerprint density at radius 3 is 2.53 bits per heavy atom. The highest BCUT2D eigenvalue weighted by Crippen LogP contribution is 2.31. The second-order valence-corrected chi connectivity index (χ2v) is 8.30. The fourth-order valence-electron chi connectivity index (χ4n) is 2.77. The van der Waals surface area contributed by atoms with E-state index in [9.17, 15) is 19.5 Å². The van der Waals surface area contributed by atoms with Gasteiger partial charge in [0.15, 0.2) is 0 Å². The van der Waals surface area contributed by atoms with Crippen LogP contribution >= 0.6 is 11.3 Å². The minimum absolute atomic E-state index is 0.0167. The number of carbonyl (C=O) groups is 1. The normalized spacial score (nSPS) is 11.3. The molecular formula is C20H22N4O5S. The van der Waals surface area contributed by atoms with E-state index in [0.717, 1.165) is 5.56 Å². The number of H-pyrrole nitrogens is 1. The summed E-state index contributed by atoms with van der Waals surface area (Å²) in [4.78, 5) is 44.1. The Labute approximate surface area is 176 Å². The van der Waals surface area contributed by atoms with Gasteiger partial charge in [0, 0.05) is 17.5 Å². The van der Waals surface area contributed by atoms with Gasteiger partial charge < -0.3 is 9.84 Å². The van der Waals surface area contributed by atoms with E-state index < -0.39 is 22.9 Å². The van der Waals surface area contributed by atoms with Crippen molar-refractivity contribution in [3.8, 4) is 27.6 Å². The highest BCUT2D eigenvalue weighted by Gasteiger charge is 2.23. The van der Waals surface area contributed by atoms with Crippen molar-refractivity contribution in [2.24, 2.45) is 0 Å². The minimum Gasteiger partial charge on any atom is -0.508 e. The molecule has 10 heteroatoms. The zero-order valence-electron chi connectivity index (χ0n) is 17.0. The van der Waals surface area contributed by atoms with E-state index in [0.29, 0.717) is 10.7 Å². The van der Waals surface area contributed by atoms with Gasteiger partial charge in [0.25, 0.3) is 5.56 Å². The quantitative estimate of drug-likeness (QED) is 0.582. The molecule has 158 valence electrons. The smallest absolute Gasteiger partial charge is 0.413 e. The van der Waals surface area contributed by atoms with Crippen molar-refractivity contribution in [1.29, 1.82) is 0 Å². The van der Waals surface area contributed by atoms with Crippen molar-refractivity contribution in [2.45, 2.75) is 39.8 Å². The van der Waals surface area contributed by atoms with Crippen LogP contribution in [-0.2, 0) is 11.3 Å². The standard InChI is InChI=1S/C20H22N4O5S/c1-5-24-15(22-19(28)29-20(2,3)4)14(16(26)23-18(24)27)13-10-30-17(21-13)11-6-8-12(25)9-7-11/h6-10,25H,5H2,1-4H3,(H,22,28)(H,23,26,27). The summed E-state index contributed by atoms with van der Waals surface area (Å²) in [6.07, 6.45) is -0.787. The van der Waals surface area contributed by atoms with Crippen molar-refractivity contribution < 1.29 is 14.6 Å². The molecule has 0 aliphatic carbocycles. The van der Waals surface area contributed by atoms with Crippen molar-refractivity contribution in [1.82, 2.24) is 14.5 Å². The molecule has 0 radical (unpaired) electrons. The summed E-state index contributed by atoms with van der Waals surface area (Å²) in [6.45, 7) is 7.06. The lowest BCUT2D eigenvalue weighted by Crippen LogP contribution is -2.35. The maximum Gasteiger partial charge on any atom is 0.413 e. The van der Waals surface area contributed by atoms with Gasteiger partial charge in [-0.2, -0.15) is 0 Å². The number of benzene rings is 1. The number of hydrogen-bond acceptors (Lipinski definition) is 7. The Morgan fingerprint density at radius 1 is 1.27 bits per heavy atom. The first-order valence-corrected chi connectivity index (χ1v) is 10.1. The van der Waals surface area contributed by atoms with Crippen molar-refractivity contribution in [3.63, 3.8) is 0 Å². The minimum atomic E-state index is -0.787. The maximum atomic E-state index is 12.7. The van der Waals surface area contributed by atoms with Crippen LogP contribution in [0.15, 0.2) is 39.2 Å². The first-order chi connectivity index (χ1) is 14.1. The van der Waals surface area contributed by atoms with Crippen LogP contribution in [-0.4, -0.2) is 31.3 Å². The number of phenolic OH excluding ortho intramolecular Hbond substituents is 1. The molecular weight excluding hydrogens is 408 g/mol. The summed E-state index contributed by atoms with van der Waals surface area (Å²) < 4.78 is 6.51. The predicted octanol–water partition coefficient (Wildman–Crippen LogP) is 3.40. The monoisotopic (exact) mass is 430 g/mol. The summed E-state index contributed by atoms with van der Waals surface area (Å²) in [7, 11) is 0. The number of hydrogen-bond donors (Lipinski definition) is 3. The Bertz CT molecular complexity index is 1190. The van der Waals surface area contributed by atoms with Crippen molar-refractivity contribution in [2.75, 3.05) is 5.32 Å². The number of ether oxygens (including phenoxy) is 1. The first kappa shape index (κ1) is 21.3. The molecule has 3 rings (SSSR count). The summed E-state index contributed by atoms with van der Waals surface area (Å²) in [6, 6.07) is 6.48. The van der Waals surface area contributed by atoms with E-state index >= 15 is 0 Å². The number of amides is 1. The average molecular weight is 430 g/mol. The lowest BCUT2D eigenvalue weighted by Gasteiger charge is -2.21. The third-order valence-corrected chi connectivity index (χ3v) is 4.90. The fourth-order valence-corrected chi connectivity index (χ4v) is 3.58. The summed E-state index contributed by atoms with van der Waals surface area (Å²) in [5.74, 6) is 0.147. The third-order valence-electron chi connectivity index (χ3n) is 4.01.